The Balaban J connectivity index is 1.63. The fourth-order valence-electron chi connectivity index (χ4n) is 4.64. The molecule has 118 valence electrons. The molecule has 0 spiro atoms. The molecule has 2 fully saturated rings. The third-order valence-electron chi connectivity index (χ3n) is 5.62. The number of carbonyl (C=O) groups is 2. The SMILES string of the molecule is C=CCC12C=CC(C1)C1C(=O)N(Cc3ccc(O)cc3)C(=O)C12. The van der Waals surface area contributed by atoms with Crippen LogP contribution in [0.2, 0.25) is 0 Å². The van der Waals surface area contributed by atoms with Crippen LogP contribution in [0, 0.1) is 23.2 Å². The molecule has 0 radical (unpaired) electrons. The van der Waals surface area contributed by atoms with Gasteiger partial charge in [-0.05, 0) is 36.5 Å². The number of likely N-dealkylation sites (tertiary alicyclic amines) is 1. The lowest BCUT2D eigenvalue weighted by atomic mass is 9.73. The summed E-state index contributed by atoms with van der Waals surface area (Å²) >= 11 is 0. The van der Waals surface area contributed by atoms with E-state index >= 15 is 0 Å². The average Bonchev–Trinajstić information content (AvgIpc) is 3.16. The molecule has 1 heterocycles. The molecule has 4 atom stereocenters. The third kappa shape index (κ3) is 1.90. The smallest absolute Gasteiger partial charge is 0.234 e. The van der Waals surface area contributed by atoms with Gasteiger partial charge in [0.25, 0.3) is 0 Å². The topological polar surface area (TPSA) is 57.6 Å². The van der Waals surface area contributed by atoms with Crippen molar-refractivity contribution in [3.8, 4) is 5.75 Å². The van der Waals surface area contributed by atoms with E-state index in [4.69, 9.17) is 0 Å². The van der Waals surface area contributed by atoms with Crippen LogP contribution in [-0.2, 0) is 16.1 Å². The Hall–Kier alpha value is -2.36. The summed E-state index contributed by atoms with van der Waals surface area (Å²) < 4.78 is 0. The number of imide groups is 1. The highest BCUT2D eigenvalue weighted by Gasteiger charge is 2.65. The van der Waals surface area contributed by atoms with Crippen LogP contribution in [0.3, 0.4) is 0 Å². The van der Waals surface area contributed by atoms with Crippen molar-refractivity contribution in [3.05, 3.63) is 54.6 Å². The maximum Gasteiger partial charge on any atom is 0.234 e. The van der Waals surface area contributed by atoms with Crippen molar-refractivity contribution in [2.75, 3.05) is 0 Å². The Bertz CT molecular complexity index is 721. The molecule has 1 saturated carbocycles. The molecule has 2 amide bonds. The number of aromatic hydroxyl groups is 1. The van der Waals surface area contributed by atoms with Crippen molar-refractivity contribution in [1.82, 2.24) is 4.90 Å². The van der Waals surface area contributed by atoms with Gasteiger partial charge >= 0.3 is 0 Å². The van der Waals surface area contributed by atoms with Gasteiger partial charge in [-0.2, -0.15) is 0 Å². The van der Waals surface area contributed by atoms with Crippen LogP contribution >= 0.6 is 0 Å². The summed E-state index contributed by atoms with van der Waals surface area (Å²) in [5.41, 5.74) is 0.635. The highest BCUT2D eigenvalue weighted by Crippen LogP contribution is 2.61. The predicted molar refractivity (Wildman–Crippen MR) is 85.1 cm³/mol. The Morgan fingerprint density at radius 2 is 2.00 bits per heavy atom. The molecule has 1 saturated heterocycles. The van der Waals surface area contributed by atoms with Gasteiger partial charge in [-0.1, -0.05) is 30.4 Å². The number of allylic oxidation sites excluding steroid dienone is 3. The number of fused-ring (bicyclic) bond motifs is 5. The van der Waals surface area contributed by atoms with E-state index in [1.165, 1.54) is 4.90 Å². The van der Waals surface area contributed by atoms with E-state index in [1.54, 1.807) is 24.3 Å². The van der Waals surface area contributed by atoms with Gasteiger partial charge in [0.1, 0.15) is 5.75 Å². The molecule has 4 rings (SSSR count). The number of phenols is 1. The summed E-state index contributed by atoms with van der Waals surface area (Å²) in [6.45, 7) is 4.10. The van der Waals surface area contributed by atoms with Crippen molar-refractivity contribution in [1.29, 1.82) is 0 Å². The zero-order valence-electron chi connectivity index (χ0n) is 12.8. The van der Waals surface area contributed by atoms with Crippen molar-refractivity contribution in [3.63, 3.8) is 0 Å². The van der Waals surface area contributed by atoms with Crippen LogP contribution in [0.4, 0.5) is 0 Å². The average molecular weight is 309 g/mol. The van der Waals surface area contributed by atoms with Gasteiger partial charge in [-0.15, -0.1) is 6.58 Å². The molecule has 1 aliphatic heterocycles. The maximum absolute atomic E-state index is 12.9. The van der Waals surface area contributed by atoms with Crippen LogP contribution in [-0.4, -0.2) is 21.8 Å². The van der Waals surface area contributed by atoms with E-state index in [0.717, 1.165) is 18.4 Å². The molecule has 1 aromatic carbocycles. The highest BCUT2D eigenvalue weighted by atomic mass is 16.3. The van der Waals surface area contributed by atoms with Crippen LogP contribution in [0.1, 0.15) is 18.4 Å². The van der Waals surface area contributed by atoms with E-state index in [1.807, 2.05) is 6.08 Å². The normalized spacial score (nSPS) is 34.3. The van der Waals surface area contributed by atoms with Crippen molar-refractivity contribution >= 4 is 11.8 Å². The Morgan fingerprint density at radius 1 is 1.26 bits per heavy atom. The standard InChI is InChI=1S/C19H19NO3/c1-2-8-19-9-7-13(10-19)15-16(19)18(23)20(17(15)22)11-12-3-5-14(21)6-4-12/h2-7,9,13,15-16,21H,1,8,10-11H2. The summed E-state index contributed by atoms with van der Waals surface area (Å²) in [5.74, 6) is -0.182. The fourth-order valence-corrected chi connectivity index (χ4v) is 4.64. The summed E-state index contributed by atoms with van der Waals surface area (Å²) in [7, 11) is 0. The van der Waals surface area contributed by atoms with E-state index in [2.05, 4.69) is 18.7 Å². The molecule has 3 aliphatic rings. The summed E-state index contributed by atoms with van der Waals surface area (Å²) in [5, 5.41) is 9.36. The molecule has 2 bridgehead atoms. The summed E-state index contributed by atoms with van der Waals surface area (Å²) in [6, 6.07) is 6.64. The lowest BCUT2D eigenvalue weighted by Crippen LogP contribution is -2.35. The molecule has 2 aliphatic carbocycles. The number of rotatable bonds is 4. The summed E-state index contributed by atoms with van der Waals surface area (Å²) in [4.78, 5) is 27.1. The van der Waals surface area contributed by atoms with Gasteiger partial charge in [-0.3, -0.25) is 14.5 Å². The number of hydrogen-bond donors (Lipinski definition) is 1. The molecule has 4 unspecified atom stereocenters. The third-order valence-corrected chi connectivity index (χ3v) is 5.62. The van der Waals surface area contributed by atoms with Crippen LogP contribution in [0.25, 0.3) is 0 Å². The van der Waals surface area contributed by atoms with Gasteiger partial charge in [-0.25, -0.2) is 0 Å². The Labute approximate surface area is 135 Å². The van der Waals surface area contributed by atoms with Crippen molar-refractivity contribution < 1.29 is 14.7 Å². The quantitative estimate of drug-likeness (QED) is 0.687. The second-order valence-electron chi connectivity index (χ2n) is 6.89. The first-order valence-corrected chi connectivity index (χ1v) is 7.99. The Kier molecular flexibility index (Phi) is 2.98. The number of hydrogen-bond acceptors (Lipinski definition) is 3. The minimum atomic E-state index is -0.236. The predicted octanol–water partition coefficient (Wildman–Crippen LogP) is 2.65. The minimum absolute atomic E-state index is 0.0478. The van der Waals surface area contributed by atoms with Gasteiger partial charge in [0, 0.05) is 5.41 Å². The highest BCUT2D eigenvalue weighted by molar-refractivity contribution is 6.06. The van der Waals surface area contributed by atoms with E-state index in [9.17, 15) is 14.7 Å². The van der Waals surface area contributed by atoms with Gasteiger partial charge in [0.15, 0.2) is 0 Å². The fraction of sp³-hybridized carbons (Fsp3) is 0.368. The summed E-state index contributed by atoms with van der Waals surface area (Å²) in [6.07, 6.45) is 7.73. The molecular formula is C19H19NO3. The largest absolute Gasteiger partial charge is 0.508 e. The zero-order valence-corrected chi connectivity index (χ0v) is 12.8. The first kappa shape index (κ1) is 14.2. The first-order valence-electron chi connectivity index (χ1n) is 7.99. The number of nitrogens with zero attached hydrogens (tertiary/aromatic N) is 1. The van der Waals surface area contributed by atoms with Gasteiger partial charge in [0.2, 0.25) is 11.8 Å². The maximum atomic E-state index is 12.9. The van der Waals surface area contributed by atoms with Crippen molar-refractivity contribution in [2.45, 2.75) is 19.4 Å². The minimum Gasteiger partial charge on any atom is -0.508 e. The number of amides is 2. The monoisotopic (exact) mass is 309 g/mol. The zero-order chi connectivity index (χ0) is 16.2. The second-order valence-corrected chi connectivity index (χ2v) is 6.89. The van der Waals surface area contributed by atoms with Crippen LogP contribution in [0.5, 0.6) is 5.75 Å². The molecular weight excluding hydrogens is 290 g/mol. The van der Waals surface area contributed by atoms with E-state index in [0.29, 0.717) is 0 Å². The number of phenolic OH excluding ortho intramolecular Hbond substituents is 1. The van der Waals surface area contributed by atoms with Crippen LogP contribution < -0.4 is 0 Å². The molecule has 23 heavy (non-hydrogen) atoms. The van der Waals surface area contributed by atoms with Crippen LogP contribution in [0.15, 0.2) is 49.1 Å². The van der Waals surface area contributed by atoms with Gasteiger partial charge in [0.05, 0.1) is 18.4 Å². The molecule has 4 heteroatoms. The number of carbonyl (C=O) groups excluding carboxylic acids is 2. The molecule has 1 N–H and O–H groups in total. The Morgan fingerprint density at radius 3 is 2.70 bits per heavy atom. The molecule has 1 aromatic rings. The van der Waals surface area contributed by atoms with E-state index < -0.39 is 0 Å². The second kappa shape index (κ2) is 4.82. The van der Waals surface area contributed by atoms with E-state index in [-0.39, 0.29) is 47.3 Å². The molecule has 4 nitrogen and oxygen atoms in total. The lowest BCUT2D eigenvalue weighted by Gasteiger charge is -2.29. The van der Waals surface area contributed by atoms with Gasteiger partial charge < -0.3 is 5.11 Å². The van der Waals surface area contributed by atoms with Crippen molar-refractivity contribution in [2.24, 2.45) is 23.2 Å². The lowest BCUT2D eigenvalue weighted by molar-refractivity contribution is -0.141. The number of benzene rings is 1. The first-order chi connectivity index (χ1) is 11.1. The molecule has 0 aromatic heterocycles.